The van der Waals surface area contributed by atoms with Crippen LogP contribution >= 0.6 is 0 Å². The first-order chi connectivity index (χ1) is 14.0. The zero-order chi connectivity index (χ0) is 22.6. The Balaban J connectivity index is 2.05. The summed E-state index contributed by atoms with van der Waals surface area (Å²) in [6.07, 6.45) is 0.0512. The van der Waals surface area contributed by atoms with Gasteiger partial charge < -0.3 is 4.90 Å². The van der Waals surface area contributed by atoms with E-state index >= 15 is 0 Å². The van der Waals surface area contributed by atoms with Gasteiger partial charge in [-0.1, -0.05) is 12.1 Å². The summed E-state index contributed by atoms with van der Waals surface area (Å²) in [4.78, 5) is 14.3. The van der Waals surface area contributed by atoms with Gasteiger partial charge in [0.25, 0.3) is 0 Å². The van der Waals surface area contributed by atoms with Crippen LogP contribution in [0, 0.1) is 45.9 Å². The van der Waals surface area contributed by atoms with Gasteiger partial charge in [-0.05, 0) is 80.1 Å². The number of nitrogens with one attached hydrogen (secondary N) is 1. The minimum Gasteiger partial charge on any atom is -0.341 e. The average Bonchev–Trinajstić information content (AvgIpc) is 2.70. The van der Waals surface area contributed by atoms with Crippen molar-refractivity contribution in [3.8, 4) is 6.07 Å². The predicted octanol–water partition coefficient (Wildman–Crippen LogP) is 3.43. The summed E-state index contributed by atoms with van der Waals surface area (Å²) in [7, 11) is -2.07. The van der Waals surface area contributed by atoms with Crippen molar-refractivity contribution in [3.05, 3.63) is 63.2 Å². The maximum Gasteiger partial charge on any atom is 0.241 e. The van der Waals surface area contributed by atoms with Gasteiger partial charge in [-0.2, -0.15) is 5.26 Å². The minimum atomic E-state index is -3.73. The molecule has 2 rings (SSSR count). The number of carbonyl (C=O) groups is 1. The summed E-state index contributed by atoms with van der Waals surface area (Å²) in [5, 5.41) is 8.98. The molecule has 160 valence electrons. The largest absolute Gasteiger partial charge is 0.341 e. The van der Waals surface area contributed by atoms with Gasteiger partial charge in [-0.3, -0.25) is 4.79 Å². The molecule has 0 aliphatic carbocycles. The first-order valence-corrected chi connectivity index (χ1v) is 11.3. The fourth-order valence-electron chi connectivity index (χ4n) is 3.53. The summed E-state index contributed by atoms with van der Waals surface area (Å²) in [5.74, 6) is -0.176. The van der Waals surface area contributed by atoms with Crippen molar-refractivity contribution in [2.24, 2.45) is 0 Å². The zero-order valence-electron chi connectivity index (χ0n) is 18.5. The fourth-order valence-corrected chi connectivity index (χ4v) is 5.15. The van der Waals surface area contributed by atoms with Crippen LogP contribution in [0.5, 0.6) is 0 Å². The van der Waals surface area contributed by atoms with Crippen molar-refractivity contribution in [3.63, 3.8) is 0 Å². The molecule has 0 unspecified atom stereocenters. The fraction of sp³-hybridized carbons (Fsp3) is 0.391. The van der Waals surface area contributed by atoms with E-state index in [1.54, 1.807) is 25.2 Å². The SMILES string of the molecule is Cc1c(C)c(C)c(S(=O)(=O)NCCC(=O)N(C)Cc2cccc(C#N)c2)c(C)c1C. The minimum absolute atomic E-state index is 0.0224. The average molecular weight is 428 g/mol. The van der Waals surface area contributed by atoms with Crippen molar-refractivity contribution < 1.29 is 13.2 Å². The number of benzene rings is 2. The summed E-state index contributed by atoms with van der Waals surface area (Å²) < 4.78 is 28.5. The maximum absolute atomic E-state index is 12.9. The van der Waals surface area contributed by atoms with Crippen molar-refractivity contribution in [2.45, 2.75) is 52.5 Å². The van der Waals surface area contributed by atoms with Gasteiger partial charge in [0.2, 0.25) is 15.9 Å². The number of hydrogen-bond donors (Lipinski definition) is 1. The smallest absolute Gasteiger partial charge is 0.241 e. The van der Waals surface area contributed by atoms with Crippen LogP contribution < -0.4 is 4.72 Å². The van der Waals surface area contributed by atoms with E-state index in [1.165, 1.54) is 4.90 Å². The summed E-state index contributed by atoms with van der Waals surface area (Å²) in [6, 6.07) is 9.14. The van der Waals surface area contributed by atoms with E-state index in [0.717, 1.165) is 33.4 Å². The maximum atomic E-state index is 12.9. The monoisotopic (exact) mass is 427 g/mol. The number of sulfonamides is 1. The molecule has 2 aromatic rings. The van der Waals surface area contributed by atoms with Gasteiger partial charge >= 0.3 is 0 Å². The van der Waals surface area contributed by atoms with Crippen molar-refractivity contribution in [1.29, 1.82) is 5.26 Å². The van der Waals surface area contributed by atoms with E-state index in [1.807, 2.05) is 40.7 Å². The Kier molecular flexibility index (Phi) is 7.40. The Hall–Kier alpha value is -2.69. The molecule has 6 nitrogen and oxygen atoms in total. The van der Waals surface area contributed by atoms with Crippen LogP contribution in [0.15, 0.2) is 29.2 Å². The van der Waals surface area contributed by atoms with Gasteiger partial charge in [0.15, 0.2) is 0 Å². The predicted molar refractivity (Wildman–Crippen MR) is 118 cm³/mol. The zero-order valence-corrected chi connectivity index (χ0v) is 19.3. The van der Waals surface area contributed by atoms with Gasteiger partial charge in [-0.15, -0.1) is 0 Å². The molecule has 0 spiro atoms. The number of rotatable bonds is 7. The van der Waals surface area contributed by atoms with Crippen molar-refractivity contribution >= 4 is 15.9 Å². The second kappa shape index (κ2) is 9.41. The summed E-state index contributed by atoms with van der Waals surface area (Å²) in [5.41, 5.74) is 5.90. The third-order valence-electron chi connectivity index (χ3n) is 5.73. The van der Waals surface area contributed by atoms with E-state index in [-0.39, 0.29) is 18.9 Å². The number of nitrogens with zero attached hydrogens (tertiary/aromatic N) is 2. The van der Waals surface area contributed by atoms with Gasteiger partial charge in [-0.25, -0.2) is 13.1 Å². The third kappa shape index (κ3) is 5.07. The molecule has 0 saturated carbocycles. The molecule has 2 aromatic carbocycles. The Morgan fingerprint density at radius 2 is 1.60 bits per heavy atom. The van der Waals surface area contributed by atoms with Crippen LogP contribution in [-0.4, -0.2) is 32.8 Å². The normalized spacial score (nSPS) is 11.2. The van der Waals surface area contributed by atoms with Crippen molar-refractivity contribution in [2.75, 3.05) is 13.6 Å². The van der Waals surface area contributed by atoms with Crippen molar-refractivity contribution in [1.82, 2.24) is 9.62 Å². The van der Waals surface area contributed by atoms with Crippen LogP contribution in [0.1, 0.15) is 45.4 Å². The molecule has 0 fully saturated rings. The molecular formula is C23H29N3O3S. The lowest BCUT2D eigenvalue weighted by Gasteiger charge is -2.20. The highest BCUT2D eigenvalue weighted by molar-refractivity contribution is 7.89. The van der Waals surface area contributed by atoms with E-state index in [2.05, 4.69) is 10.8 Å². The first kappa shape index (κ1) is 23.6. The Morgan fingerprint density at radius 1 is 1.03 bits per heavy atom. The Bertz CT molecular complexity index is 1090. The number of amides is 1. The highest BCUT2D eigenvalue weighted by Crippen LogP contribution is 2.29. The lowest BCUT2D eigenvalue weighted by atomic mass is 9.95. The lowest BCUT2D eigenvalue weighted by Crippen LogP contribution is -2.32. The number of carbonyl (C=O) groups excluding carboxylic acids is 1. The summed E-state index contributed by atoms with van der Waals surface area (Å²) >= 11 is 0. The second-order valence-electron chi connectivity index (χ2n) is 7.66. The standard InChI is InChI=1S/C23H29N3O3S/c1-15-16(2)18(4)23(19(5)17(15)3)30(28,29)25-11-10-22(27)26(6)14-21-9-7-8-20(12-21)13-24/h7-9,12,25H,10-11,14H2,1-6H3. The van der Waals surface area contributed by atoms with Crippen LogP contribution in [0.3, 0.4) is 0 Å². The molecular weight excluding hydrogens is 398 g/mol. The van der Waals surface area contributed by atoms with Crippen LogP contribution in [0.25, 0.3) is 0 Å². The molecule has 0 atom stereocenters. The molecule has 0 aliphatic heterocycles. The van der Waals surface area contributed by atoms with Gasteiger partial charge in [0, 0.05) is 26.6 Å². The van der Waals surface area contributed by atoms with E-state index in [9.17, 15) is 13.2 Å². The molecule has 1 amide bonds. The van der Waals surface area contributed by atoms with Crippen LogP contribution in [0.2, 0.25) is 0 Å². The second-order valence-corrected chi connectivity index (χ2v) is 9.37. The molecule has 1 N–H and O–H groups in total. The highest BCUT2D eigenvalue weighted by atomic mass is 32.2. The van der Waals surface area contributed by atoms with Crippen LogP contribution in [0.4, 0.5) is 0 Å². The molecule has 0 aromatic heterocycles. The third-order valence-corrected chi connectivity index (χ3v) is 7.47. The van der Waals surface area contributed by atoms with E-state index in [4.69, 9.17) is 5.26 Å². The molecule has 30 heavy (non-hydrogen) atoms. The van der Waals surface area contributed by atoms with E-state index in [0.29, 0.717) is 17.0 Å². The molecule has 0 heterocycles. The Labute approximate surface area is 179 Å². The summed E-state index contributed by atoms with van der Waals surface area (Å²) in [6.45, 7) is 9.86. The number of nitriles is 1. The Morgan fingerprint density at radius 3 is 2.17 bits per heavy atom. The molecule has 7 heteroatoms. The highest BCUT2D eigenvalue weighted by Gasteiger charge is 2.23. The molecule has 0 saturated heterocycles. The first-order valence-electron chi connectivity index (χ1n) is 9.79. The lowest BCUT2D eigenvalue weighted by molar-refractivity contribution is -0.130. The molecule has 0 radical (unpaired) electrons. The molecule has 0 bridgehead atoms. The molecule has 0 aliphatic rings. The van der Waals surface area contributed by atoms with Gasteiger partial charge in [0.05, 0.1) is 16.5 Å². The van der Waals surface area contributed by atoms with E-state index < -0.39 is 10.0 Å². The topological polar surface area (TPSA) is 90.3 Å². The number of hydrogen-bond acceptors (Lipinski definition) is 4. The van der Waals surface area contributed by atoms with Crippen LogP contribution in [-0.2, 0) is 21.4 Å². The van der Waals surface area contributed by atoms with Gasteiger partial charge in [0.1, 0.15) is 0 Å². The quantitative estimate of drug-likeness (QED) is 0.733.